The molecule has 0 amide bonds. The van der Waals surface area contributed by atoms with Crippen LogP contribution in [0.3, 0.4) is 0 Å². The fraction of sp³-hybridized carbons (Fsp3) is 0.154. The van der Waals surface area contributed by atoms with Crippen molar-refractivity contribution < 1.29 is 4.84 Å². The standard InChI is InChI=1S/C13H13N7O/c1-10-4-3-5-11(6-10)20-15-7-12(17-20)13(18-21-2)19-9-14-8-16-19/h3-9H,1-2H3. The number of benzene rings is 1. The van der Waals surface area contributed by atoms with Gasteiger partial charge in [0, 0.05) is 0 Å². The van der Waals surface area contributed by atoms with Crippen LogP contribution in [0, 0.1) is 6.92 Å². The van der Waals surface area contributed by atoms with E-state index in [1.165, 1.54) is 29.2 Å². The van der Waals surface area contributed by atoms with E-state index >= 15 is 0 Å². The summed E-state index contributed by atoms with van der Waals surface area (Å²) >= 11 is 0. The molecule has 3 rings (SSSR count). The maximum absolute atomic E-state index is 4.84. The van der Waals surface area contributed by atoms with Gasteiger partial charge in [0.1, 0.15) is 19.8 Å². The predicted molar refractivity (Wildman–Crippen MR) is 75.1 cm³/mol. The van der Waals surface area contributed by atoms with Crippen LogP contribution in [0.1, 0.15) is 11.3 Å². The number of hydrogen-bond donors (Lipinski definition) is 0. The molecule has 0 fully saturated rings. The van der Waals surface area contributed by atoms with Gasteiger partial charge < -0.3 is 4.84 Å². The first kappa shape index (κ1) is 13.0. The number of hydrogen-bond acceptors (Lipinski definition) is 6. The van der Waals surface area contributed by atoms with Gasteiger partial charge >= 0.3 is 0 Å². The molecule has 0 N–H and O–H groups in total. The van der Waals surface area contributed by atoms with Gasteiger partial charge in [0.2, 0.25) is 5.84 Å². The number of aromatic nitrogens is 6. The highest BCUT2D eigenvalue weighted by Gasteiger charge is 2.13. The van der Waals surface area contributed by atoms with Gasteiger partial charge in [-0.2, -0.15) is 19.7 Å². The van der Waals surface area contributed by atoms with Crippen molar-refractivity contribution in [1.82, 2.24) is 29.8 Å². The van der Waals surface area contributed by atoms with Gasteiger partial charge in [-0.1, -0.05) is 17.3 Å². The van der Waals surface area contributed by atoms with Gasteiger partial charge in [-0.05, 0) is 24.6 Å². The molecular weight excluding hydrogens is 270 g/mol. The molecule has 0 atom stereocenters. The summed E-state index contributed by atoms with van der Waals surface area (Å²) < 4.78 is 1.47. The van der Waals surface area contributed by atoms with E-state index < -0.39 is 0 Å². The Hall–Kier alpha value is -3.03. The maximum Gasteiger partial charge on any atom is 0.223 e. The first-order chi connectivity index (χ1) is 10.3. The summed E-state index contributed by atoms with van der Waals surface area (Å²) in [5, 5.41) is 16.6. The highest BCUT2D eigenvalue weighted by molar-refractivity contribution is 5.97. The monoisotopic (exact) mass is 283 g/mol. The Kier molecular flexibility index (Phi) is 3.42. The highest BCUT2D eigenvalue weighted by atomic mass is 16.6. The van der Waals surface area contributed by atoms with E-state index in [1.807, 2.05) is 31.2 Å². The Morgan fingerprint density at radius 1 is 1.29 bits per heavy atom. The van der Waals surface area contributed by atoms with Gasteiger partial charge in [-0.15, -0.1) is 5.10 Å². The summed E-state index contributed by atoms with van der Waals surface area (Å²) in [5.74, 6) is 0.411. The molecular formula is C13H13N7O. The minimum Gasteiger partial charge on any atom is -0.397 e. The first-order valence-electron chi connectivity index (χ1n) is 6.24. The molecule has 0 saturated heterocycles. The van der Waals surface area contributed by atoms with Crippen molar-refractivity contribution in [3.8, 4) is 5.69 Å². The molecule has 2 aromatic heterocycles. The van der Waals surface area contributed by atoms with E-state index in [1.54, 1.807) is 6.20 Å². The molecule has 0 spiro atoms. The molecule has 8 heteroatoms. The number of rotatable bonds is 3. The molecule has 0 radical (unpaired) electrons. The fourth-order valence-corrected chi connectivity index (χ4v) is 1.85. The van der Waals surface area contributed by atoms with Crippen LogP contribution in [0.15, 0.2) is 48.3 Å². The van der Waals surface area contributed by atoms with Crippen LogP contribution in [0.25, 0.3) is 5.69 Å². The third kappa shape index (κ3) is 2.64. The first-order valence-corrected chi connectivity index (χ1v) is 6.24. The van der Waals surface area contributed by atoms with Gasteiger partial charge in [-0.25, -0.2) is 4.98 Å². The second kappa shape index (κ2) is 5.53. The van der Waals surface area contributed by atoms with E-state index in [9.17, 15) is 0 Å². The number of nitrogens with zero attached hydrogens (tertiary/aromatic N) is 7. The van der Waals surface area contributed by atoms with Gasteiger partial charge in [0.05, 0.1) is 11.9 Å². The van der Waals surface area contributed by atoms with Crippen molar-refractivity contribution in [2.24, 2.45) is 5.16 Å². The predicted octanol–water partition coefficient (Wildman–Crippen LogP) is 1.02. The van der Waals surface area contributed by atoms with Crippen LogP contribution in [0.4, 0.5) is 0 Å². The van der Waals surface area contributed by atoms with Crippen LogP contribution < -0.4 is 0 Å². The van der Waals surface area contributed by atoms with Crippen molar-refractivity contribution in [2.45, 2.75) is 6.92 Å². The van der Waals surface area contributed by atoms with Crippen molar-refractivity contribution in [3.63, 3.8) is 0 Å². The second-order valence-electron chi connectivity index (χ2n) is 4.30. The number of aryl methyl sites for hydroxylation is 1. The highest BCUT2D eigenvalue weighted by Crippen LogP contribution is 2.08. The molecule has 8 nitrogen and oxygen atoms in total. The molecule has 1 aromatic carbocycles. The lowest BCUT2D eigenvalue weighted by Crippen LogP contribution is -2.15. The van der Waals surface area contributed by atoms with E-state index in [2.05, 4.69) is 25.4 Å². The Labute approximate surface area is 120 Å². The lowest BCUT2D eigenvalue weighted by Gasteiger charge is -2.02. The summed E-state index contributed by atoms with van der Waals surface area (Å²) in [5.41, 5.74) is 2.54. The maximum atomic E-state index is 4.84. The minimum absolute atomic E-state index is 0.411. The van der Waals surface area contributed by atoms with Crippen LogP contribution in [0.2, 0.25) is 0 Å². The van der Waals surface area contributed by atoms with Gasteiger partial charge in [-0.3, -0.25) is 0 Å². The largest absolute Gasteiger partial charge is 0.397 e. The summed E-state index contributed by atoms with van der Waals surface area (Å²) in [7, 11) is 1.46. The summed E-state index contributed by atoms with van der Waals surface area (Å²) in [6.45, 7) is 2.02. The zero-order chi connectivity index (χ0) is 14.7. The topological polar surface area (TPSA) is 83.0 Å². The van der Waals surface area contributed by atoms with Gasteiger partial charge in [0.25, 0.3) is 0 Å². The van der Waals surface area contributed by atoms with E-state index in [0.717, 1.165) is 11.3 Å². The molecule has 21 heavy (non-hydrogen) atoms. The second-order valence-corrected chi connectivity index (χ2v) is 4.30. The van der Waals surface area contributed by atoms with Crippen LogP contribution >= 0.6 is 0 Å². The molecule has 2 heterocycles. The van der Waals surface area contributed by atoms with Crippen molar-refractivity contribution in [2.75, 3.05) is 7.11 Å². The summed E-state index contributed by atoms with van der Waals surface area (Å²) in [6.07, 6.45) is 4.53. The average Bonchev–Trinajstić information content (AvgIpc) is 3.16. The zero-order valence-electron chi connectivity index (χ0n) is 11.6. The Morgan fingerprint density at radius 2 is 2.19 bits per heavy atom. The third-order valence-corrected chi connectivity index (χ3v) is 2.77. The Bertz CT molecular complexity index is 760. The quantitative estimate of drug-likeness (QED) is 0.407. The van der Waals surface area contributed by atoms with Crippen molar-refractivity contribution in [1.29, 1.82) is 0 Å². The molecule has 106 valence electrons. The minimum atomic E-state index is 0.411. The lowest BCUT2D eigenvalue weighted by atomic mass is 10.2. The Balaban J connectivity index is 1.99. The van der Waals surface area contributed by atoms with Crippen LogP contribution in [-0.2, 0) is 4.84 Å². The SMILES string of the molecule is CON=C(c1cnn(-c2cccc(C)c2)n1)n1cncn1. The van der Waals surface area contributed by atoms with Crippen LogP contribution in [-0.4, -0.2) is 42.7 Å². The van der Waals surface area contributed by atoms with E-state index in [4.69, 9.17) is 4.84 Å². The third-order valence-electron chi connectivity index (χ3n) is 2.77. The molecule has 0 aliphatic heterocycles. The normalized spacial score (nSPS) is 11.6. The fourth-order valence-electron chi connectivity index (χ4n) is 1.85. The zero-order valence-corrected chi connectivity index (χ0v) is 11.6. The molecule has 0 aliphatic carbocycles. The molecule has 0 saturated carbocycles. The molecule has 3 aromatic rings. The molecule has 0 aliphatic rings. The van der Waals surface area contributed by atoms with E-state index in [0.29, 0.717) is 11.5 Å². The lowest BCUT2D eigenvalue weighted by molar-refractivity contribution is 0.212. The van der Waals surface area contributed by atoms with Crippen LogP contribution in [0.5, 0.6) is 0 Å². The molecule has 0 bridgehead atoms. The average molecular weight is 283 g/mol. The summed E-state index contributed by atoms with van der Waals surface area (Å²) in [6, 6.07) is 7.89. The Morgan fingerprint density at radius 3 is 2.90 bits per heavy atom. The molecule has 0 unspecified atom stereocenters. The van der Waals surface area contributed by atoms with Crippen molar-refractivity contribution >= 4 is 5.84 Å². The summed E-state index contributed by atoms with van der Waals surface area (Å²) in [4.78, 5) is 10.3. The smallest absolute Gasteiger partial charge is 0.223 e. The van der Waals surface area contributed by atoms with Crippen molar-refractivity contribution in [3.05, 3.63) is 54.4 Å². The number of oxime groups is 1. The van der Waals surface area contributed by atoms with Gasteiger partial charge in [0.15, 0.2) is 5.69 Å². The van der Waals surface area contributed by atoms with E-state index in [-0.39, 0.29) is 0 Å².